The number of amides is 1. The van der Waals surface area contributed by atoms with Gasteiger partial charge in [0.2, 0.25) is 17.4 Å². The predicted molar refractivity (Wildman–Crippen MR) is 181 cm³/mol. The van der Waals surface area contributed by atoms with Crippen LogP contribution in [0.4, 0.5) is 38.0 Å². The van der Waals surface area contributed by atoms with E-state index in [1.54, 1.807) is 0 Å². The first-order chi connectivity index (χ1) is 23.7. The third kappa shape index (κ3) is 11.3. The number of benzene rings is 2. The van der Waals surface area contributed by atoms with Gasteiger partial charge in [0.1, 0.15) is 17.2 Å². The maximum Gasteiger partial charge on any atom is 0.282 e. The Morgan fingerprint density at radius 1 is 0.745 bits per heavy atom. The molecule has 0 saturated heterocycles. The first kappa shape index (κ1) is 44.2. The largest absolute Gasteiger partial charge is 0.494 e. The van der Waals surface area contributed by atoms with Crippen LogP contribution in [0, 0.1) is 34.9 Å². The SMILES string of the molecule is C.CCSc1ncc(C(=O)N(C)OC)c(N)n1.CCSc1ncc(C(=O)c2cc(F)c(F)c(F)c2OC)c(N)n1.COc1ccc(F)c(F)c1F. The maximum atomic E-state index is 13.7. The zero-order chi connectivity index (χ0) is 37.7. The van der Waals surface area contributed by atoms with Crippen LogP contribution < -0.4 is 20.9 Å². The zero-order valence-electron chi connectivity index (χ0n) is 27.3. The molecule has 278 valence electrons. The van der Waals surface area contributed by atoms with Crippen molar-refractivity contribution in [3.05, 3.63) is 82.2 Å². The molecule has 0 spiro atoms. The number of rotatable bonds is 10. The molecule has 4 aromatic rings. The Morgan fingerprint density at radius 2 is 1.25 bits per heavy atom. The molecule has 0 aliphatic carbocycles. The molecule has 0 atom stereocenters. The van der Waals surface area contributed by atoms with Gasteiger partial charge in [-0.2, -0.15) is 8.78 Å². The van der Waals surface area contributed by atoms with E-state index >= 15 is 0 Å². The summed E-state index contributed by atoms with van der Waals surface area (Å²) in [5.74, 6) is -9.52. The molecule has 4 N–H and O–H groups in total. The van der Waals surface area contributed by atoms with Crippen molar-refractivity contribution in [3.8, 4) is 11.5 Å². The predicted octanol–water partition coefficient (Wildman–Crippen LogP) is 6.38. The summed E-state index contributed by atoms with van der Waals surface area (Å²) in [6, 6.07) is 2.37. The van der Waals surface area contributed by atoms with Crippen LogP contribution in [0.15, 0.2) is 40.9 Å². The number of aromatic nitrogens is 4. The molecule has 0 unspecified atom stereocenters. The number of hydroxylamine groups is 2. The topological polar surface area (TPSA) is 169 Å². The molecule has 51 heavy (non-hydrogen) atoms. The highest BCUT2D eigenvalue weighted by molar-refractivity contribution is 7.99. The highest BCUT2D eigenvalue weighted by Crippen LogP contribution is 2.30. The van der Waals surface area contributed by atoms with Gasteiger partial charge in [0.25, 0.3) is 5.91 Å². The molecule has 0 fully saturated rings. The van der Waals surface area contributed by atoms with E-state index in [1.165, 1.54) is 51.0 Å². The molecule has 0 bridgehead atoms. The first-order valence-corrected chi connectivity index (χ1v) is 15.9. The molecule has 2 aromatic heterocycles. The fourth-order valence-electron chi connectivity index (χ4n) is 3.50. The summed E-state index contributed by atoms with van der Waals surface area (Å²) in [6.07, 6.45) is 2.57. The lowest BCUT2D eigenvalue weighted by atomic mass is 10.0. The van der Waals surface area contributed by atoms with E-state index in [1.807, 2.05) is 13.8 Å². The number of ether oxygens (including phenoxy) is 2. The van der Waals surface area contributed by atoms with E-state index in [-0.39, 0.29) is 41.8 Å². The van der Waals surface area contributed by atoms with E-state index in [0.717, 1.165) is 36.3 Å². The highest BCUT2D eigenvalue weighted by atomic mass is 32.2. The molecule has 0 saturated carbocycles. The Hall–Kier alpha value is -4.82. The number of nitrogen functional groups attached to an aromatic ring is 2. The number of methoxy groups -OCH3 is 2. The van der Waals surface area contributed by atoms with Crippen molar-refractivity contribution >= 4 is 46.8 Å². The van der Waals surface area contributed by atoms with Crippen LogP contribution in [0.2, 0.25) is 0 Å². The van der Waals surface area contributed by atoms with Crippen molar-refractivity contribution in [1.82, 2.24) is 25.0 Å². The average molecular weight is 764 g/mol. The van der Waals surface area contributed by atoms with Gasteiger partial charge in [0.15, 0.2) is 45.1 Å². The van der Waals surface area contributed by atoms with Crippen LogP contribution in [0.1, 0.15) is 47.6 Å². The molecule has 0 radical (unpaired) electrons. The Labute approximate surface area is 298 Å². The molecule has 20 heteroatoms. The Morgan fingerprint density at radius 3 is 1.71 bits per heavy atom. The van der Waals surface area contributed by atoms with Crippen LogP contribution in [0.3, 0.4) is 0 Å². The number of nitrogens with two attached hydrogens (primary N) is 2. The third-order valence-electron chi connectivity index (χ3n) is 5.96. The van der Waals surface area contributed by atoms with Crippen molar-refractivity contribution in [3.63, 3.8) is 0 Å². The van der Waals surface area contributed by atoms with E-state index in [4.69, 9.17) is 16.3 Å². The number of hydrogen-bond acceptors (Lipinski definition) is 13. The molecule has 4 rings (SSSR count). The number of halogens is 6. The molecule has 12 nitrogen and oxygen atoms in total. The van der Waals surface area contributed by atoms with Gasteiger partial charge in [-0.3, -0.25) is 14.4 Å². The van der Waals surface area contributed by atoms with Crippen LogP contribution in [-0.2, 0) is 4.84 Å². The normalized spacial score (nSPS) is 10.1. The smallest absolute Gasteiger partial charge is 0.282 e. The molecule has 2 heterocycles. The lowest BCUT2D eigenvalue weighted by molar-refractivity contribution is -0.0756. The quantitative estimate of drug-likeness (QED) is 0.0456. The van der Waals surface area contributed by atoms with Crippen LogP contribution in [0.25, 0.3) is 0 Å². The van der Waals surface area contributed by atoms with Crippen LogP contribution in [0.5, 0.6) is 11.5 Å². The summed E-state index contributed by atoms with van der Waals surface area (Å²) in [5, 5.41) is 2.00. The van der Waals surface area contributed by atoms with Gasteiger partial charge in [-0.1, -0.05) is 44.8 Å². The summed E-state index contributed by atoms with van der Waals surface area (Å²) in [4.78, 5) is 44.8. The average Bonchev–Trinajstić information content (AvgIpc) is 3.09. The zero-order valence-corrected chi connectivity index (χ0v) is 29.0. The summed E-state index contributed by atoms with van der Waals surface area (Å²) in [6.45, 7) is 3.88. The summed E-state index contributed by atoms with van der Waals surface area (Å²) >= 11 is 2.78. The Kier molecular flexibility index (Phi) is 18.0. The van der Waals surface area contributed by atoms with Gasteiger partial charge in [0.05, 0.1) is 32.5 Å². The van der Waals surface area contributed by atoms with E-state index < -0.39 is 52.0 Å². The Bertz CT molecular complexity index is 1830. The number of anilines is 2. The molecular weight excluding hydrogens is 729 g/mol. The Balaban J connectivity index is 0.000000405. The standard InChI is InChI=1S/C14H12F3N3O2S.C9H14N4O2S.C7H5F3O.CH4/c1-3-23-14-19-5-7(13(18)20-14)11(21)6-4-8(15)9(16)10(17)12(6)22-2;1-4-16-9-11-5-6(7(10)12-9)8(14)13(2)15-3;1-11-5-3-2-4(8)6(9)7(5)10;/h4-5H,3H2,1-2H3,(H2,18,19,20);5H,4H2,1-3H3,(H2,10,11,12);2-3H,1H3;1H4. The monoisotopic (exact) mass is 763 g/mol. The van der Waals surface area contributed by atoms with Crippen molar-refractivity contribution < 1.29 is 50.2 Å². The van der Waals surface area contributed by atoms with Crippen molar-refractivity contribution in [2.75, 3.05) is 51.4 Å². The van der Waals surface area contributed by atoms with E-state index in [9.17, 15) is 35.9 Å². The minimum absolute atomic E-state index is 0. The van der Waals surface area contributed by atoms with Crippen LogP contribution in [-0.4, -0.2) is 76.6 Å². The van der Waals surface area contributed by atoms with Gasteiger partial charge < -0.3 is 20.9 Å². The number of carbonyl (C=O) groups excluding carboxylic acids is 2. The number of hydrogen-bond donors (Lipinski definition) is 2. The maximum absolute atomic E-state index is 13.7. The summed E-state index contributed by atoms with van der Waals surface area (Å²) < 4.78 is 86.5. The fourth-order valence-corrected chi connectivity index (χ4v) is 4.60. The lowest BCUT2D eigenvalue weighted by Crippen LogP contribution is -2.26. The van der Waals surface area contributed by atoms with Gasteiger partial charge in [0, 0.05) is 19.4 Å². The van der Waals surface area contributed by atoms with Gasteiger partial charge >= 0.3 is 0 Å². The second-order valence-electron chi connectivity index (χ2n) is 9.03. The lowest BCUT2D eigenvalue weighted by Gasteiger charge is -2.14. The molecule has 0 aliphatic heterocycles. The van der Waals surface area contributed by atoms with Crippen molar-refractivity contribution in [2.45, 2.75) is 31.6 Å². The first-order valence-electron chi connectivity index (χ1n) is 13.9. The fraction of sp³-hybridized carbons (Fsp3) is 0.290. The molecule has 2 aromatic carbocycles. The van der Waals surface area contributed by atoms with E-state index in [0.29, 0.717) is 22.1 Å². The summed E-state index contributed by atoms with van der Waals surface area (Å²) in [5.41, 5.74) is 11.0. The number of ketones is 1. The molecule has 1 amide bonds. The molecule has 0 aliphatic rings. The van der Waals surface area contributed by atoms with Gasteiger partial charge in [-0.15, -0.1) is 0 Å². The second-order valence-corrected chi connectivity index (χ2v) is 11.5. The number of carbonyl (C=O) groups is 2. The number of nitrogens with zero attached hydrogens (tertiary/aromatic N) is 5. The minimum Gasteiger partial charge on any atom is -0.494 e. The van der Waals surface area contributed by atoms with Gasteiger partial charge in [-0.25, -0.2) is 42.6 Å². The summed E-state index contributed by atoms with van der Waals surface area (Å²) in [7, 11) is 5.11. The minimum atomic E-state index is -1.72. The van der Waals surface area contributed by atoms with E-state index in [2.05, 4.69) is 29.4 Å². The second kappa shape index (κ2) is 20.8. The van der Waals surface area contributed by atoms with Gasteiger partial charge in [-0.05, 0) is 29.7 Å². The third-order valence-corrected chi connectivity index (χ3v) is 7.45. The van der Waals surface area contributed by atoms with Crippen molar-refractivity contribution in [2.24, 2.45) is 0 Å². The number of thioether (sulfide) groups is 2. The van der Waals surface area contributed by atoms with Crippen molar-refractivity contribution in [1.29, 1.82) is 0 Å². The van der Waals surface area contributed by atoms with Crippen LogP contribution >= 0.6 is 23.5 Å². The molecular formula is C31H35F6N7O5S2. The highest BCUT2D eigenvalue weighted by Gasteiger charge is 2.26.